The van der Waals surface area contributed by atoms with Crippen molar-refractivity contribution in [3.63, 3.8) is 0 Å². The summed E-state index contributed by atoms with van der Waals surface area (Å²) in [6.45, 7) is 5.06. The zero-order valence-corrected chi connectivity index (χ0v) is 11.1. The lowest BCUT2D eigenvalue weighted by Gasteiger charge is -2.13. The molecule has 19 heavy (non-hydrogen) atoms. The van der Waals surface area contributed by atoms with E-state index in [2.05, 4.69) is 24.1 Å². The number of aromatic nitrogens is 1. The van der Waals surface area contributed by atoms with Gasteiger partial charge in [0.15, 0.2) is 0 Å². The molecule has 0 aliphatic rings. The molecule has 1 aromatic carbocycles. The minimum absolute atomic E-state index is 0.114. The summed E-state index contributed by atoms with van der Waals surface area (Å²) in [5.74, 6) is 0. The Balaban J connectivity index is 2.46. The number of nitro groups is 1. The molecular formula is C14H17N3O2. The zero-order chi connectivity index (χ0) is 13.8. The molecule has 0 bridgehead atoms. The molecule has 1 aromatic heterocycles. The van der Waals surface area contributed by atoms with Gasteiger partial charge in [-0.25, -0.2) is 0 Å². The average molecular weight is 259 g/mol. The van der Waals surface area contributed by atoms with Gasteiger partial charge in [0.2, 0.25) is 0 Å². The molecule has 1 atom stereocenters. The lowest BCUT2D eigenvalue weighted by molar-refractivity contribution is -0.383. The van der Waals surface area contributed by atoms with Gasteiger partial charge in [-0.05, 0) is 43.7 Å². The van der Waals surface area contributed by atoms with E-state index >= 15 is 0 Å². The van der Waals surface area contributed by atoms with Gasteiger partial charge in [0.1, 0.15) is 0 Å². The minimum atomic E-state index is -0.360. The fourth-order valence-electron chi connectivity index (χ4n) is 2.29. The van der Waals surface area contributed by atoms with Crippen LogP contribution in [0.2, 0.25) is 0 Å². The first-order valence-corrected chi connectivity index (χ1v) is 6.38. The SMILES string of the molecule is CCNC(C)Cc1ccc([N+](=O)[O-])c2cccnc12. The Morgan fingerprint density at radius 1 is 1.42 bits per heavy atom. The fourth-order valence-corrected chi connectivity index (χ4v) is 2.29. The second-order valence-electron chi connectivity index (χ2n) is 4.56. The first-order chi connectivity index (χ1) is 9.13. The van der Waals surface area contributed by atoms with E-state index in [4.69, 9.17) is 0 Å². The van der Waals surface area contributed by atoms with E-state index in [9.17, 15) is 10.1 Å². The maximum absolute atomic E-state index is 11.0. The molecule has 1 heterocycles. The second kappa shape index (κ2) is 5.75. The first-order valence-electron chi connectivity index (χ1n) is 6.38. The molecule has 2 rings (SSSR count). The van der Waals surface area contributed by atoms with Crippen LogP contribution in [0.1, 0.15) is 19.4 Å². The molecule has 0 aliphatic carbocycles. The van der Waals surface area contributed by atoms with Crippen LogP contribution in [-0.2, 0) is 6.42 Å². The minimum Gasteiger partial charge on any atom is -0.314 e. The molecule has 0 saturated carbocycles. The number of hydrogen-bond donors (Lipinski definition) is 1. The average Bonchev–Trinajstić information content (AvgIpc) is 2.39. The Labute approximate surface area is 111 Å². The van der Waals surface area contributed by atoms with Gasteiger partial charge in [-0.15, -0.1) is 0 Å². The molecule has 0 aliphatic heterocycles. The van der Waals surface area contributed by atoms with Crippen molar-refractivity contribution in [1.82, 2.24) is 10.3 Å². The van der Waals surface area contributed by atoms with Gasteiger partial charge < -0.3 is 5.32 Å². The monoisotopic (exact) mass is 259 g/mol. The Morgan fingerprint density at radius 3 is 2.89 bits per heavy atom. The largest absolute Gasteiger partial charge is 0.314 e. The molecule has 5 heteroatoms. The summed E-state index contributed by atoms with van der Waals surface area (Å²) < 4.78 is 0. The summed E-state index contributed by atoms with van der Waals surface area (Å²) in [6.07, 6.45) is 2.48. The van der Waals surface area contributed by atoms with E-state index in [0.717, 1.165) is 24.0 Å². The van der Waals surface area contributed by atoms with E-state index < -0.39 is 0 Å². The Bertz CT molecular complexity index is 598. The predicted molar refractivity (Wildman–Crippen MR) is 75.2 cm³/mol. The van der Waals surface area contributed by atoms with Gasteiger partial charge in [-0.2, -0.15) is 0 Å². The molecular weight excluding hydrogens is 242 g/mol. The van der Waals surface area contributed by atoms with Gasteiger partial charge in [-0.3, -0.25) is 15.1 Å². The number of nitrogens with one attached hydrogen (secondary N) is 1. The maximum Gasteiger partial charge on any atom is 0.278 e. The third-order valence-corrected chi connectivity index (χ3v) is 3.11. The Hall–Kier alpha value is -2.01. The van der Waals surface area contributed by atoms with Crippen LogP contribution in [0.25, 0.3) is 10.9 Å². The van der Waals surface area contributed by atoms with Crippen LogP contribution in [0.4, 0.5) is 5.69 Å². The van der Waals surface area contributed by atoms with Crippen LogP contribution in [0.5, 0.6) is 0 Å². The Kier molecular flexibility index (Phi) is 4.06. The molecule has 5 nitrogen and oxygen atoms in total. The third-order valence-electron chi connectivity index (χ3n) is 3.11. The van der Waals surface area contributed by atoms with Crippen LogP contribution >= 0.6 is 0 Å². The normalized spacial score (nSPS) is 12.5. The molecule has 0 fully saturated rings. The highest BCUT2D eigenvalue weighted by Crippen LogP contribution is 2.27. The second-order valence-corrected chi connectivity index (χ2v) is 4.56. The number of rotatable bonds is 5. The van der Waals surface area contributed by atoms with Gasteiger partial charge >= 0.3 is 0 Å². The molecule has 1 unspecified atom stereocenters. The van der Waals surface area contributed by atoms with E-state index in [1.165, 1.54) is 0 Å². The van der Waals surface area contributed by atoms with E-state index in [1.807, 2.05) is 0 Å². The van der Waals surface area contributed by atoms with E-state index in [-0.39, 0.29) is 10.6 Å². The predicted octanol–water partition coefficient (Wildman–Crippen LogP) is 2.68. The van der Waals surface area contributed by atoms with Gasteiger partial charge in [-0.1, -0.05) is 6.92 Å². The number of nitro benzene ring substituents is 1. The van der Waals surface area contributed by atoms with Crippen molar-refractivity contribution < 1.29 is 4.92 Å². The van der Waals surface area contributed by atoms with Crippen LogP contribution < -0.4 is 5.32 Å². The highest BCUT2D eigenvalue weighted by Gasteiger charge is 2.15. The molecule has 100 valence electrons. The maximum atomic E-state index is 11.0. The Morgan fingerprint density at radius 2 is 2.21 bits per heavy atom. The van der Waals surface area contributed by atoms with Gasteiger partial charge in [0, 0.05) is 18.3 Å². The summed E-state index contributed by atoms with van der Waals surface area (Å²) in [4.78, 5) is 15.0. The van der Waals surface area contributed by atoms with Gasteiger partial charge in [0.25, 0.3) is 5.69 Å². The number of non-ortho nitro benzene ring substituents is 1. The summed E-state index contributed by atoms with van der Waals surface area (Å²) >= 11 is 0. The highest BCUT2D eigenvalue weighted by molar-refractivity contribution is 5.90. The standard InChI is InChI=1S/C14H17N3O2/c1-3-15-10(2)9-11-6-7-13(17(18)19)12-5-4-8-16-14(11)12/h4-8,10,15H,3,9H2,1-2H3. The highest BCUT2D eigenvalue weighted by atomic mass is 16.6. The van der Waals surface area contributed by atoms with Gasteiger partial charge in [0.05, 0.1) is 15.8 Å². The van der Waals surface area contributed by atoms with E-state index in [0.29, 0.717) is 11.4 Å². The van der Waals surface area contributed by atoms with Crippen LogP contribution in [0, 0.1) is 10.1 Å². The van der Waals surface area contributed by atoms with Crippen LogP contribution in [0.3, 0.4) is 0 Å². The van der Waals surface area contributed by atoms with Crippen molar-refractivity contribution in [2.45, 2.75) is 26.3 Å². The zero-order valence-electron chi connectivity index (χ0n) is 11.1. The fraction of sp³-hybridized carbons (Fsp3) is 0.357. The van der Waals surface area contributed by atoms with E-state index in [1.54, 1.807) is 30.5 Å². The molecule has 0 spiro atoms. The molecule has 0 amide bonds. The van der Waals surface area contributed by atoms with Crippen molar-refractivity contribution in [3.05, 3.63) is 46.1 Å². The summed E-state index contributed by atoms with van der Waals surface area (Å²) in [5.41, 5.74) is 1.87. The van der Waals surface area contributed by atoms with Crippen molar-refractivity contribution in [3.8, 4) is 0 Å². The quantitative estimate of drug-likeness (QED) is 0.662. The smallest absolute Gasteiger partial charge is 0.278 e. The van der Waals surface area contributed by atoms with Crippen molar-refractivity contribution in [2.75, 3.05) is 6.54 Å². The molecule has 0 saturated heterocycles. The van der Waals surface area contributed by atoms with Crippen LogP contribution in [-0.4, -0.2) is 22.5 Å². The van der Waals surface area contributed by atoms with Crippen molar-refractivity contribution in [1.29, 1.82) is 0 Å². The lowest BCUT2D eigenvalue weighted by atomic mass is 10.0. The molecule has 1 N–H and O–H groups in total. The molecule has 2 aromatic rings. The van der Waals surface area contributed by atoms with Crippen molar-refractivity contribution in [2.24, 2.45) is 0 Å². The first kappa shape index (κ1) is 13.4. The summed E-state index contributed by atoms with van der Waals surface area (Å²) in [5, 5.41) is 15.0. The number of likely N-dealkylation sites (N-methyl/N-ethyl adjacent to an activating group) is 1. The number of nitrogens with zero attached hydrogens (tertiary/aromatic N) is 2. The number of fused-ring (bicyclic) bond motifs is 1. The number of pyridine rings is 1. The molecule has 0 radical (unpaired) electrons. The third kappa shape index (κ3) is 2.88. The topological polar surface area (TPSA) is 68.1 Å². The number of benzene rings is 1. The van der Waals surface area contributed by atoms with Crippen LogP contribution in [0.15, 0.2) is 30.5 Å². The number of hydrogen-bond acceptors (Lipinski definition) is 4. The van der Waals surface area contributed by atoms with Crippen molar-refractivity contribution >= 4 is 16.6 Å². The summed E-state index contributed by atoms with van der Waals surface area (Å²) in [6, 6.07) is 7.17. The summed E-state index contributed by atoms with van der Waals surface area (Å²) in [7, 11) is 0. The lowest BCUT2D eigenvalue weighted by Crippen LogP contribution is -2.27.